The van der Waals surface area contributed by atoms with E-state index in [-0.39, 0.29) is 0 Å². The lowest BCUT2D eigenvalue weighted by Gasteiger charge is -2.14. The number of ether oxygens (including phenoxy) is 2. The fourth-order valence-electron chi connectivity index (χ4n) is 1.75. The van der Waals surface area contributed by atoms with Crippen molar-refractivity contribution in [1.82, 2.24) is 4.98 Å². The van der Waals surface area contributed by atoms with Gasteiger partial charge in [-0.15, -0.1) is 0 Å². The molecule has 0 amide bonds. The second-order valence-corrected chi connectivity index (χ2v) is 3.80. The Kier molecular flexibility index (Phi) is 3.79. The van der Waals surface area contributed by atoms with E-state index in [2.05, 4.69) is 4.98 Å². The van der Waals surface area contributed by atoms with Gasteiger partial charge in [-0.1, -0.05) is 12.1 Å². The monoisotopic (exact) mass is 245 g/mol. The van der Waals surface area contributed by atoms with Gasteiger partial charge in [0, 0.05) is 18.0 Å². The zero-order valence-electron chi connectivity index (χ0n) is 10.3. The topological polar surface area (TPSA) is 51.6 Å². The van der Waals surface area contributed by atoms with Crippen LogP contribution in [-0.4, -0.2) is 24.3 Å². The highest BCUT2D eigenvalue weighted by atomic mass is 16.5. The highest BCUT2D eigenvalue weighted by molar-refractivity contribution is 5.45. The molecule has 0 spiro atoms. The number of rotatable bonds is 4. The van der Waals surface area contributed by atoms with Crippen molar-refractivity contribution < 1.29 is 14.6 Å². The maximum atomic E-state index is 10.2. The fraction of sp³-hybridized carbons (Fsp3) is 0.214. The van der Waals surface area contributed by atoms with Crippen molar-refractivity contribution in [2.45, 2.75) is 6.10 Å². The number of pyridine rings is 1. The van der Waals surface area contributed by atoms with Gasteiger partial charge in [-0.25, -0.2) is 0 Å². The first-order valence-corrected chi connectivity index (χ1v) is 5.56. The molecule has 4 heteroatoms. The molecular weight excluding hydrogens is 230 g/mol. The minimum atomic E-state index is -0.724. The molecule has 0 aliphatic heterocycles. The molecule has 2 rings (SSSR count). The summed E-state index contributed by atoms with van der Waals surface area (Å²) in [5.41, 5.74) is 1.48. The maximum absolute atomic E-state index is 10.2. The summed E-state index contributed by atoms with van der Waals surface area (Å²) >= 11 is 0. The van der Waals surface area contributed by atoms with Gasteiger partial charge in [0.1, 0.15) is 6.10 Å². The van der Waals surface area contributed by atoms with Crippen LogP contribution in [0.1, 0.15) is 17.2 Å². The summed E-state index contributed by atoms with van der Waals surface area (Å²) in [5, 5.41) is 10.2. The van der Waals surface area contributed by atoms with Crippen LogP contribution in [0.15, 0.2) is 42.7 Å². The highest BCUT2D eigenvalue weighted by Crippen LogP contribution is 2.31. The van der Waals surface area contributed by atoms with Gasteiger partial charge in [0.15, 0.2) is 11.5 Å². The number of nitrogens with zero attached hydrogens (tertiary/aromatic N) is 1. The third kappa shape index (κ3) is 2.43. The normalized spacial score (nSPS) is 11.9. The van der Waals surface area contributed by atoms with E-state index < -0.39 is 6.10 Å². The Hall–Kier alpha value is -2.07. The lowest BCUT2D eigenvalue weighted by Crippen LogP contribution is -2.01. The number of hydrogen-bond donors (Lipinski definition) is 1. The summed E-state index contributed by atoms with van der Waals surface area (Å²) in [7, 11) is 3.15. The smallest absolute Gasteiger partial charge is 0.161 e. The number of benzene rings is 1. The van der Waals surface area contributed by atoms with E-state index in [0.717, 1.165) is 11.1 Å². The van der Waals surface area contributed by atoms with Crippen LogP contribution < -0.4 is 9.47 Å². The third-order valence-electron chi connectivity index (χ3n) is 2.72. The second kappa shape index (κ2) is 5.51. The van der Waals surface area contributed by atoms with Gasteiger partial charge in [-0.2, -0.15) is 0 Å². The van der Waals surface area contributed by atoms with Crippen LogP contribution in [0.4, 0.5) is 0 Å². The molecule has 0 fully saturated rings. The van der Waals surface area contributed by atoms with E-state index in [4.69, 9.17) is 9.47 Å². The van der Waals surface area contributed by atoms with E-state index in [1.165, 1.54) is 0 Å². The van der Waals surface area contributed by atoms with E-state index in [1.54, 1.807) is 50.9 Å². The molecular formula is C14H15NO3. The van der Waals surface area contributed by atoms with Crippen LogP contribution in [0, 0.1) is 0 Å². The summed E-state index contributed by atoms with van der Waals surface area (Å²) in [4.78, 5) is 3.99. The summed E-state index contributed by atoms with van der Waals surface area (Å²) < 4.78 is 10.4. The number of aliphatic hydroxyl groups is 1. The predicted molar refractivity (Wildman–Crippen MR) is 67.8 cm³/mol. The average Bonchev–Trinajstić information content (AvgIpc) is 2.46. The van der Waals surface area contributed by atoms with E-state index >= 15 is 0 Å². The van der Waals surface area contributed by atoms with Crippen molar-refractivity contribution in [3.05, 3.63) is 53.9 Å². The molecule has 0 aliphatic carbocycles. The molecule has 1 aromatic carbocycles. The third-order valence-corrected chi connectivity index (χ3v) is 2.72. The fourth-order valence-corrected chi connectivity index (χ4v) is 1.75. The van der Waals surface area contributed by atoms with Crippen LogP contribution in [0.2, 0.25) is 0 Å². The minimum Gasteiger partial charge on any atom is -0.493 e. The molecule has 4 nitrogen and oxygen atoms in total. The molecule has 0 bridgehead atoms. The van der Waals surface area contributed by atoms with Crippen LogP contribution >= 0.6 is 0 Å². The van der Waals surface area contributed by atoms with Gasteiger partial charge < -0.3 is 14.6 Å². The minimum absolute atomic E-state index is 0.595. The molecule has 18 heavy (non-hydrogen) atoms. The lowest BCUT2D eigenvalue weighted by molar-refractivity contribution is 0.219. The quantitative estimate of drug-likeness (QED) is 0.897. The highest BCUT2D eigenvalue weighted by Gasteiger charge is 2.13. The Balaban J connectivity index is 2.34. The molecule has 1 unspecified atom stereocenters. The zero-order chi connectivity index (χ0) is 13.0. The van der Waals surface area contributed by atoms with Crippen LogP contribution in [0.25, 0.3) is 0 Å². The largest absolute Gasteiger partial charge is 0.493 e. The molecule has 0 saturated heterocycles. The summed E-state index contributed by atoms with van der Waals surface area (Å²) in [5.74, 6) is 1.23. The van der Waals surface area contributed by atoms with Crippen molar-refractivity contribution in [3.63, 3.8) is 0 Å². The van der Waals surface area contributed by atoms with Crippen molar-refractivity contribution in [1.29, 1.82) is 0 Å². The van der Waals surface area contributed by atoms with E-state index in [1.807, 2.05) is 6.07 Å². The Morgan fingerprint density at radius 2 is 1.83 bits per heavy atom. The van der Waals surface area contributed by atoms with Crippen LogP contribution in [-0.2, 0) is 0 Å². The van der Waals surface area contributed by atoms with Crippen LogP contribution in [0.3, 0.4) is 0 Å². The summed E-state index contributed by atoms with van der Waals surface area (Å²) in [6.07, 6.45) is 2.59. The first-order chi connectivity index (χ1) is 8.76. The van der Waals surface area contributed by atoms with Gasteiger partial charge in [0.25, 0.3) is 0 Å². The molecule has 94 valence electrons. The Morgan fingerprint density at radius 3 is 2.44 bits per heavy atom. The number of aromatic nitrogens is 1. The predicted octanol–water partition coefficient (Wildman–Crippen LogP) is 2.18. The Bertz CT molecular complexity index is 514. The second-order valence-electron chi connectivity index (χ2n) is 3.80. The van der Waals surface area contributed by atoms with Gasteiger partial charge in [-0.3, -0.25) is 4.98 Å². The first kappa shape index (κ1) is 12.4. The summed E-state index contributed by atoms with van der Waals surface area (Å²) in [6.45, 7) is 0. The number of methoxy groups -OCH3 is 2. The molecule has 2 aromatic rings. The van der Waals surface area contributed by atoms with Crippen molar-refractivity contribution in [2.75, 3.05) is 14.2 Å². The van der Waals surface area contributed by atoms with Crippen molar-refractivity contribution in [3.8, 4) is 11.5 Å². The molecule has 0 radical (unpaired) electrons. The number of hydrogen-bond acceptors (Lipinski definition) is 4. The van der Waals surface area contributed by atoms with Gasteiger partial charge in [0.2, 0.25) is 0 Å². The van der Waals surface area contributed by atoms with E-state index in [9.17, 15) is 5.11 Å². The van der Waals surface area contributed by atoms with Crippen molar-refractivity contribution >= 4 is 0 Å². The zero-order valence-corrected chi connectivity index (χ0v) is 10.3. The molecule has 0 saturated carbocycles. The van der Waals surface area contributed by atoms with Gasteiger partial charge in [0.05, 0.1) is 14.2 Å². The average molecular weight is 245 g/mol. The van der Waals surface area contributed by atoms with Gasteiger partial charge >= 0.3 is 0 Å². The SMILES string of the molecule is COc1ccc(C(O)c2cccnc2)cc1OC. The Morgan fingerprint density at radius 1 is 1.06 bits per heavy atom. The standard InChI is InChI=1S/C14H15NO3/c1-17-12-6-5-10(8-13(12)18-2)14(16)11-4-3-7-15-9-11/h3-9,14,16H,1-2H3. The molecule has 1 heterocycles. The van der Waals surface area contributed by atoms with Crippen LogP contribution in [0.5, 0.6) is 11.5 Å². The van der Waals surface area contributed by atoms with Gasteiger partial charge in [-0.05, 0) is 23.8 Å². The molecule has 0 aliphatic rings. The lowest BCUT2D eigenvalue weighted by atomic mass is 10.0. The maximum Gasteiger partial charge on any atom is 0.161 e. The summed E-state index contributed by atoms with van der Waals surface area (Å²) in [6, 6.07) is 8.96. The Labute approximate surface area is 106 Å². The first-order valence-electron chi connectivity index (χ1n) is 5.56. The van der Waals surface area contributed by atoms with E-state index in [0.29, 0.717) is 11.5 Å². The number of aliphatic hydroxyl groups excluding tert-OH is 1. The van der Waals surface area contributed by atoms with Crippen molar-refractivity contribution in [2.24, 2.45) is 0 Å². The molecule has 1 aromatic heterocycles. The molecule has 1 atom stereocenters. The molecule has 1 N–H and O–H groups in total.